The summed E-state index contributed by atoms with van der Waals surface area (Å²) in [5, 5.41) is 8.50. The lowest BCUT2D eigenvalue weighted by Crippen LogP contribution is -2.16. The highest BCUT2D eigenvalue weighted by atomic mass is 15.3. The first-order chi connectivity index (χ1) is 8.60. The van der Waals surface area contributed by atoms with Gasteiger partial charge in [-0.1, -0.05) is 20.8 Å². The van der Waals surface area contributed by atoms with Crippen LogP contribution in [0.3, 0.4) is 0 Å². The van der Waals surface area contributed by atoms with E-state index in [-0.39, 0.29) is 0 Å². The second-order valence-corrected chi connectivity index (χ2v) is 5.44. The Hall–Kier alpha value is -0.900. The molecule has 104 valence electrons. The summed E-state index contributed by atoms with van der Waals surface area (Å²) >= 11 is 0. The minimum atomic E-state index is 0.692. The van der Waals surface area contributed by atoms with Crippen LogP contribution in [0.25, 0.3) is 0 Å². The molecule has 0 bridgehead atoms. The van der Waals surface area contributed by atoms with Crippen molar-refractivity contribution in [3.8, 4) is 0 Å². The van der Waals surface area contributed by atoms with E-state index in [0.29, 0.717) is 11.8 Å². The number of nitrogens with zero attached hydrogens (tertiary/aromatic N) is 3. The van der Waals surface area contributed by atoms with E-state index in [1.165, 1.54) is 0 Å². The van der Waals surface area contributed by atoms with Crippen LogP contribution >= 0.6 is 0 Å². The maximum atomic E-state index is 5.68. The standard InChI is InChI=1S/C14H28N4/c1-5-10-18-12(4)16-17-14(18)7-6-13(8-9-15)11(2)3/h11,13H,5-10,15H2,1-4H3. The number of aryl methyl sites for hydroxylation is 2. The molecule has 0 saturated carbocycles. The van der Waals surface area contributed by atoms with Crippen LogP contribution in [0.1, 0.15) is 51.7 Å². The third-order valence-electron chi connectivity index (χ3n) is 3.68. The van der Waals surface area contributed by atoms with Gasteiger partial charge in [0.1, 0.15) is 11.6 Å². The Labute approximate surface area is 111 Å². The zero-order chi connectivity index (χ0) is 13.5. The molecule has 4 nitrogen and oxygen atoms in total. The molecule has 2 N–H and O–H groups in total. The second kappa shape index (κ2) is 7.52. The van der Waals surface area contributed by atoms with Crippen LogP contribution in [0.4, 0.5) is 0 Å². The number of aromatic nitrogens is 3. The van der Waals surface area contributed by atoms with Crippen molar-refractivity contribution in [2.45, 2.75) is 59.9 Å². The summed E-state index contributed by atoms with van der Waals surface area (Å²) in [6.45, 7) is 10.6. The van der Waals surface area contributed by atoms with Gasteiger partial charge in [0.2, 0.25) is 0 Å². The normalized spacial score (nSPS) is 13.2. The monoisotopic (exact) mass is 252 g/mol. The first-order valence-corrected chi connectivity index (χ1v) is 7.18. The van der Waals surface area contributed by atoms with Gasteiger partial charge in [-0.3, -0.25) is 0 Å². The summed E-state index contributed by atoms with van der Waals surface area (Å²) in [6, 6.07) is 0. The fourth-order valence-corrected chi connectivity index (χ4v) is 2.46. The van der Waals surface area contributed by atoms with Gasteiger partial charge in [-0.15, -0.1) is 10.2 Å². The van der Waals surface area contributed by atoms with E-state index in [2.05, 4.69) is 35.5 Å². The molecule has 1 atom stereocenters. The van der Waals surface area contributed by atoms with E-state index in [9.17, 15) is 0 Å². The first kappa shape index (κ1) is 15.2. The highest BCUT2D eigenvalue weighted by Gasteiger charge is 2.15. The molecule has 1 rings (SSSR count). The molecule has 1 aromatic heterocycles. The van der Waals surface area contributed by atoms with Crippen molar-refractivity contribution in [2.24, 2.45) is 17.6 Å². The maximum absolute atomic E-state index is 5.68. The molecular weight excluding hydrogens is 224 g/mol. The topological polar surface area (TPSA) is 56.7 Å². The predicted octanol–water partition coefficient (Wildman–Crippen LogP) is 2.55. The van der Waals surface area contributed by atoms with E-state index in [1.807, 2.05) is 6.92 Å². The third-order valence-corrected chi connectivity index (χ3v) is 3.68. The predicted molar refractivity (Wildman–Crippen MR) is 75.4 cm³/mol. The number of rotatable bonds is 8. The summed E-state index contributed by atoms with van der Waals surface area (Å²) in [5.41, 5.74) is 5.68. The van der Waals surface area contributed by atoms with Gasteiger partial charge in [-0.05, 0) is 44.6 Å². The summed E-state index contributed by atoms with van der Waals surface area (Å²) in [5.74, 6) is 3.56. The first-order valence-electron chi connectivity index (χ1n) is 7.18. The van der Waals surface area contributed by atoms with Crippen LogP contribution in [0, 0.1) is 18.8 Å². The van der Waals surface area contributed by atoms with E-state index in [4.69, 9.17) is 5.73 Å². The molecule has 1 heterocycles. The fourth-order valence-electron chi connectivity index (χ4n) is 2.46. The van der Waals surface area contributed by atoms with Gasteiger partial charge in [0, 0.05) is 13.0 Å². The van der Waals surface area contributed by atoms with E-state index in [0.717, 1.165) is 50.4 Å². The van der Waals surface area contributed by atoms with Crippen molar-refractivity contribution in [3.05, 3.63) is 11.6 Å². The van der Waals surface area contributed by atoms with Crippen LogP contribution in [0.15, 0.2) is 0 Å². The van der Waals surface area contributed by atoms with Gasteiger partial charge >= 0.3 is 0 Å². The van der Waals surface area contributed by atoms with Crippen molar-refractivity contribution in [2.75, 3.05) is 6.54 Å². The molecule has 0 spiro atoms. The van der Waals surface area contributed by atoms with Gasteiger partial charge in [0.25, 0.3) is 0 Å². The number of nitrogens with two attached hydrogens (primary N) is 1. The lowest BCUT2D eigenvalue weighted by atomic mass is 9.88. The van der Waals surface area contributed by atoms with Crippen molar-refractivity contribution >= 4 is 0 Å². The quantitative estimate of drug-likeness (QED) is 0.773. The SMILES string of the molecule is CCCn1c(C)nnc1CCC(CCN)C(C)C. The number of hydrogen-bond acceptors (Lipinski definition) is 3. The summed E-state index contributed by atoms with van der Waals surface area (Å²) in [7, 11) is 0. The highest BCUT2D eigenvalue weighted by Crippen LogP contribution is 2.21. The van der Waals surface area contributed by atoms with Crippen LogP contribution in [0.5, 0.6) is 0 Å². The Kier molecular flexibility index (Phi) is 6.33. The van der Waals surface area contributed by atoms with Gasteiger partial charge in [-0.2, -0.15) is 0 Å². The summed E-state index contributed by atoms with van der Waals surface area (Å²) in [4.78, 5) is 0. The van der Waals surface area contributed by atoms with Crippen molar-refractivity contribution in [1.82, 2.24) is 14.8 Å². The lowest BCUT2D eigenvalue weighted by Gasteiger charge is -2.19. The molecular formula is C14H28N4. The molecule has 0 radical (unpaired) electrons. The molecule has 0 fully saturated rings. The molecule has 18 heavy (non-hydrogen) atoms. The van der Waals surface area contributed by atoms with Crippen molar-refractivity contribution in [1.29, 1.82) is 0 Å². The van der Waals surface area contributed by atoms with E-state index < -0.39 is 0 Å². The van der Waals surface area contributed by atoms with Crippen molar-refractivity contribution < 1.29 is 0 Å². The third kappa shape index (κ3) is 4.09. The minimum Gasteiger partial charge on any atom is -0.330 e. The van der Waals surface area contributed by atoms with Gasteiger partial charge < -0.3 is 10.3 Å². The van der Waals surface area contributed by atoms with Crippen LogP contribution in [-0.4, -0.2) is 21.3 Å². The molecule has 0 aromatic carbocycles. The number of hydrogen-bond donors (Lipinski definition) is 1. The molecule has 0 aliphatic rings. The summed E-state index contributed by atoms with van der Waals surface area (Å²) < 4.78 is 2.25. The van der Waals surface area contributed by atoms with Gasteiger partial charge in [0.15, 0.2) is 0 Å². The van der Waals surface area contributed by atoms with Gasteiger partial charge in [0.05, 0.1) is 0 Å². The van der Waals surface area contributed by atoms with Crippen LogP contribution in [0.2, 0.25) is 0 Å². The average Bonchev–Trinajstić information content (AvgIpc) is 2.67. The fraction of sp³-hybridized carbons (Fsp3) is 0.857. The Balaban J connectivity index is 2.61. The Morgan fingerprint density at radius 3 is 2.50 bits per heavy atom. The molecule has 0 saturated heterocycles. The van der Waals surface area contributed by atoms with Crippen LogP contribution in [-0.2, 0) is 13.0 Å². The minimum absolute atomic E-state index is 0.692. The average molecular weight is 252 g/mol. The smallest absolute Gasteiger partial charge is 0.132 e. The zero-order valence-corrected chi connectivity index (χ0v) is 12.3. The molecule has 1 aromatic rings. The lowest BCUT2D eigenvalue weighted by molar-refractivity contribution is 0.337. The molecule has 0 aliphatic carbocycles. The van der Waals surface area contributed by atoms with E-state index in [1.54, 1.807) is 0 Å². The highest BCUT2D eigenvalue weighted by molar-refractivity contribution is 4.94. The van der Waals surface area contributed by atoms with Gasteiger partial charge in [-0.25, -0.2) is 0 Å². The van der Waals surface area contributed by atoms with E-state index >= 15 is 0 Å². The maximum Gasteiger partial charge on any atom is 0.132 e. The summed E-state index contributed by atoms with van der Waals surface area (Å²) in [6.07, 6.45) is 4.42. The Morgan fingerprint density at radius 2 is 1.94 bits per heavy atom. The molecule has 4 heteroatoms. The zero-order valence-electron chi connectivity index (χ0n) is 12.3. The molecule has 0 amide bonds. The second-order valence-electron chi connectivity index (χ2n) is 5.44. The van der Waals surface area contributed by atoms with Crippen LogP contribution < -0.4 is 5.73 Å². The van der Waals surface area contributed by atoms with Crippen molar-refractivity contribution in [3.63, 3.8) is 0 Å². The Morgan fingerprint density at radius 1 is 1.22 bits per heavy atom. The molecule has 1 unspecified atom stereocenters. The Bertz CT molecular complexity index is 344. The molecule has 0 aliphatic heterocycles. The largest absolute Gasteiger partial charge is 0.330 e.